The Morgan fingerprint density at radius 2 is 2.05 bits per heavy atom. The smallest absolute Gasteiger partial charge is 0.406 e. The van der Waals surface area contributed by atoms with Gasteiger partial charge in [0.1, 0.15) is 5.75 Å². The topological polar surface area (TPSA) is 41.6 Å². The maximum atomic E-state index is 12.1. The Hall–Kier alpha value is -1.47. The average molecular weight is 327 g/mol. The van der Waals surface area contributed by atoms with Gasteiger partial charge in [-0.15, -0.1) is 25.6 Å². The molecule has 0 aliphatic rings. The molecule has 0 saturated carbocycles. The highest BCUT2D eigenvalue weighted by Crippen LogP contribution is 2.23. The maximum Gasteiger partial charge on any atom is 0.573 e. The second-order valence-electron chi connectivity index (χ2n) is 4.30. The van der Waals surface area contributed by atoms with Crippen LogP contribution in [0.4, 0.5) is 13.2 Å². The molecule has 0 spiro atoms. The molecular weight excluding hydrogens is 309 g/mol. The minimum atomic E-state index is -4.72. The first-order valence-corrected chi connectivity index (χ1v) is 6.05. The van der Waals surface area contributed by atoms with Crippen molar-refractivity contribution in [2.24, 2.45) is 0 Å². The van der Waals surface area contributed by atoms with Crippen LogP contribution < -0.4 is 10.1 Å². The second-order valence-corrected chi connectivity index (χ2v) is 4.30. The summed E-state index contributed by atoms with van der Waals surface area (Å²) in [4.78, 5) is 13.2. The molecule has 1 rings (SSSR count). The molecule has 1 aromatic rings. The molecule has 21 heavy (non-hydrogen) atoms. The number of rotatable bonds is 6. The lowest BCUT2D eigenvalue weighted by Gasteiger charge is -2.18. The first kappa shape index (κ1) is 19.5. The summed E-state index contributed by atoms with van der Waals surface area (Å²) in [5.41, 5.74) is 0.576. The van der Waals surface area contributed by atoms with Gasteiger partial charge < -0.3 is 15.0 Å². The number of halogens is 4. The monoisotopic (exact) mass is 326 g/mol. The molecule has 0 atom stereocenters. The largest absolute Gasteiger partial charge is 0.573 e. The van der Waals surface area contributed by atoms with E-state index >= 15 is 0 Å². The van der Waals surface area contributed by atoms with Crippen molar-refractivity contribution in [3.63, 3.8) is 0 Å². The number of carbonyl (C=O) groups is 1. The molecule has 120 valence electrons. The summed E-state index contributed by atoms with van der Waals surface area (Å²) in [5, 5.41) is 2.86. The van der Waals surface area contributed by atoms with Gasteiger partial charge in [-0.1, -0.05) is 12.1 Å². The van der Waals surface area contributed by atoms with Crippen LogP contribution in [0.15, 0.2) is 24.3 Å². The quantitative estimate of drug-likeness (QED) is 0.873. The Bertz CT molecular complexity index is 455. The van der Waals surface area contributed by atoms with Gasteiger partial charge in [-0.05, 0) is 24.7 Å². The lowest BCUT2D eigenvalue weighted by atomic mass is 10.2. The van der Waals surface area contributed by atoms with E-state index in [0.29, 0.717) is 18.5 Å². The SMILES string of the molecule is CNCCC(=O)N(C)Cc1cccc(OC(F)(F)F)c1.Cl. The zero-order valence-corrected chi connectivity index (χ0v) is 12.6. The molecule has 0 radical (unpaired) electrons. The fourth-order valence-corrected chi connectivity index (χ4v) is 1.63. The number of amides is 1. The Balaban J connectivity index is 0.00000400. The number of nitrogens with zero attached hydrogens (tertiary/aromatic N) is 1. The molecule has 0 saturated heterocycles. The van der Waals surface area contributed by atoms with Crippen LogP contribution in [-0.2, 0) is 11.3 Å². The van der Waals surface area contributed by atoms with Gasteiger partial charge in [0.05, 0.1) is 0 Å². The molecule has 1 amide bonds. The van der Waals surface area contributed by atoms with E-state index in [9.17, 15) is 18.0 Å². The van der Waals surface area contributed by atoms with Crippen LogP contribution in [0.1, 0.15) is 12.0 Å². The van der Waals surface area contributed by atoms with Gasteiger partial charge >= 0.3 is 6.36 Å². The summed E-state index contributed by atoms with van der Waals surface area (Å²) < 4.78 is 40.2. The maximum absolute atomic E-state index is 12.1. The van der Waals surface area contributed by atoms with Crippen LogP contribution >= 0.6 is 12.4 Å². The predicted octanol–water partition coefficient (Wildman–Crippen LogP) is 2.57. The van der Waals surface area contributed by atoms with Crippen molar-refractivity contribution in [1.29, 1.82) is 0 Å². The number of hydrogen-bond donors (Lipinski definition) is 1. The highest BCUT2D eigenvalue weighted by molar-refractivity contribution is 5.85. The number of carbonyl (C=O) groups excluding carboxylic acids is 1. The van der Waals surface area contributed by atoms with Crippen molar-refractivity contribution in [3.05, 3.63) is 29.8 Å². The van der Waals surface area contributed by atoms with Crippen molar-refractivity contribution < 1.29 is 22.7 Å². The molecule has 0 heterocycles. The second kappa shape index (κ2) is 8.74. The van der Waals surface area contributed by atoms with E-state index in [4.69, 9.17) is 0 Å². The van der Waals surface area contributed by atoms with Crippen molar-refractivity contribution in [1.82, 2.24) is 10.2 Å². The molecular formula is C13H18ClF3N2O2. The molecule has 4 nitrogen and oxygen atoms in total. The first-order valence-electron chi connectivity index (χ1n) is 6.05. The molecule has 0 aliphatic heterocycles. The molecule has 8 heteroatoms. The Morgan fingerprint density at radius 3 is 2.62 bits per heavy atom. The van der Waals surface area contributed by atoms with Crippen LogP contribution in [0.2, 0.25) is 0 Å². The Morgan fingerprint density at radius 1 is 1.38 bits per heavy atom. The van der Waals surface area contributed by atoms with E-state index in [2.05, 4.69) is 10.1 Å². The van der Waals surface area contributed by atoms with Crippen LogP contribution in [0.3, 0.4) is 0 Å². The summed E-state index contributed by atoms with van der Waals surface area (Å²) in [6.07, 6.45) is -4.38. The number of nitrogens with one attached hydrogen (secondary N) is 1. The number of hydrogen-bond acceptors (Lipinski definition) is 3. The highest BCUT2D eigenvalue weighted by Gasteiger charge is 2.31. The van der Waals surface area contributed by atoms with Gasteiger partial charge in [0.2, 0.25) is 5.91 Å². The molecule has 0 aromatic heterocycles. The zero-order valence-electron chi connectivity index (χ0n) is 11.7. The zero-order chi connectivity index (χ0) is 15.2. The van der Waals surface area contributed by atoms with Gasteiger partial charge in [0.25, 0.3) is 0 Å². The molecule has 0 bridgehead atoms. The van der Waals surface area contributed by atoms with Gasteiger partial charge in [0.15, 0.2) is 0 Å². The Kier molecular flexibility index (Phi) is 8.12. The van der Waals surface area contributed by atoms with Gasteiger partial charge in [-0.25, -0.2) is 0 Å². The van der Waals surface area contributed by atoms with Crippen molar-refractivity contribution in [2.75, 3.05) is 20.6 Å². The van der Waals surface area contributed by atoms with E-state index in [1.54, 1.807) is 20.2 Å². The van der Waals surface area contributed by atoms with Crippen molar-refractivity contribution >= 4 is 18.3 Å². The Labute approximate surface area is 127 Å². The van der Waals surface area contributed by atoms with E-state index in [1.165, 1.54) is 23.1 Å². The predicted molar refractivity (Wildman–Crippen MR) is 75.4 cm³/mol. The summed E-state index contributed by atoms with van der Waals surface area (Å²) in [5.74, 6) is -0.368. The van der Waals surface area contributed by atoms with Gasteiger partial charge in [0, 0.05) is 26.6 Å². The van der Waals surface area contributed by atoms with Crippen LogP contribution in [-0.4, -0.2) is 37.8 Å². The fourth-order valence-electron chi connectivity index (χ4n) is 1.63. The third-order valence-corrected chi connectivity index (χ3v) is 2.57. The van der Waals surface area contributed by atoms with E-state index < -0.39 is 6.36 Å². The molecule has 0 fully saturated rings. The number of benzene rings is 1. The first-order chi connectivity index (χ1) is 9.31. The summed E-state index contributed by atoms with van der Waals surface area (Å²) >= 11 is 0. The van der Waals surface area contributed by atoms with Gasteiger partial charge in [-0.2, -0.15) is 0 Å². The third kappa shape index (κ3) is 7.77. The highest BCUT2D eigenvalue weighted by atomic mass is 35.5. The standard InChI is InChI=1S/C13H17F3N2O2.ClH/c1-17-7-6-12(19)18(2)9-10-4-3-5-11(8-10)20-13(14,15)16;/h3-5,8,17H,6-7,9H2,1-2H3;1H. The van der Waals surface area contributed by atoms with Crippen molar-refractivity contribution in [3.8, 4) is 5.75 Å². The molecule has 1 aromatic carbocycles. The molecule has 0 aliphatic carbocycles. The van der Waals surface area contributed by atoms with Crippen LogP contribution in [0.5, 0.6) is 5.75 Å². The molecule has 1 N–H and O–H groups in total. The average Bonchev–Trinajstić information content (AvgIpc) is 2.34. The lowest BCUT2D eigenvalue weighted by Crippen LogP contribution is -2.28. The lowest BCUT2D eigenvalue weighted by molar-refractivity contribution is -0.274. The van der Waals surface area contributed by atoms with Gasteiger partial charge in [-0.3, -0.25) is 4.79 Å². The summed E-state index contributed by atoms with van der Waals surface area (Å²) in [6.45, 7) is 0.790. The van der Waals surface area contributed by atoms with Crippen molar-refractivity contribution in [2.45, 2.75) is 19.3 Å². The third-order valence-electron chi connectivity index (χ3n) is 2.57. The minimum Gasteiger partial charge on any atom is -0.406 e. The molecule has 0 unspecified atom stereocenters. The van der Waals surface area contributed by atoms with Crippen LogP contribution in [0, 0.1) is 0 Å². The minimum absolute atomic E-state index is 0. The summed E-state index contributed by atoms with van der Waals surface area (Å²) in [6, 6.07) is 5.60. The fraction of sp³-hybridized carbons (Fsp3) is 0.462. The van der Waals surface area contributed by atoms with Crippen LogP contribution in [0.25, 0.3) is 0 Å². The van der Waals surface area contributed by atoms with E-state index in [0.717, 1.165) is 0 Å². The summed E-state index contributed by atoms with van der Waals surface area (Å²) in [7, 11) is 3.35. The van der Waals surface area contributed by atoms with E-state index in [-0.39, 0.29) is 30.6 Å². The number of ether oxygens (including phenoxy) is 1. The van der Waals surface area contributed by atoms with E-state index in [1.807, 2.05) is 0 Å². The normalized spacial score (nSPS) is 10.7. The number of alkyl halides is 3.